The summed E-state index contributed by atoms with van der Waals surface area (Å²) < 4.78 is 6.83. The average Bonchev–Trinajstić information content (AvgIpc) is 3.46. The van der Waals surface area contributed by atoms with Gasteiger partial charge in [0.2, 0.25) is 11.8 Å². The van der Waals surface area contributed by atoms with Gasteiger partial charge >= 0.3 is 0 Å². The fourth-order valence-corrected chi connectivity index (χ4v) is 4.24. The largest absolute Gasteiger partial charge is 0.467 e. The van der Waals surface area contributed by atoms with Crippen molar-refractivity contribution in [1.82, 2.24) is 15.1 Å². The van der Waals surface area contributed by atoms with Crippen LogP contribution in [0.1, 0.15) is 29.0 Å². The zero-order valence-corrected chi connectivity index (χ0v) is 16.7. The number of thioether (sulfide) groups is 1. The molecule has 1 aliphatic rings. The van der Waals surface area contributed by atoms with Crippen LogP contribution < -0.4 is 10.6 Å². The fourth-order valence-electron chi connectivity index (χ4n) is 3.21. The lowest BCUT2D eigenvalue weighted by Crippen LogP contribution is -2.28. The molecule has 0 bridgehead atoms. The van der Waals surface area contributed by atoms with Gasteiger partial charge in [-0.3, -0.25) is 9.59 Å². The predicted molar refractivity (Wildman–Crippen MR) is 111 cm³/mol. The first-order chi connectivity index (χ1) is 14.2. The van der Waals surface area contributed by atoms with E-state index in [9.17, 15) is 9.59 Å². The van der Waals surface area contributed by atoms with Crippen LogP contribution in [0.25, 0.3) is 0 Å². The highest BCUT2D eigenvalue weighted by molar-refractivity contribution is 7.98. The van der Waals surface area contributed by atoms with Gasteiger partial charge in [-0.05, 0) is 24.1 Å². The van der Waals surface area contributed by atoms with Crippen molar-refractivity contribution in [3.63, 3.8) is 0 Å². The lowest BCUT2D eigenvalue weighted by Gasteiger charge is -2.11. The summed E-state index contributed by atoms with van der Waals surface area (Å²) in [4.78, 5) is 24.9. The number of aryl methyl sites for hydroxylation is 1. The zero-order valence-electron chi connectivity index (χ0n) is 15.9. The molecule has 7 nitrogen and oxygen atoms in total. The molecule has 2 aromatic heterocycles. The van der Waals surface area contributed by atoms with Gasteiger partial charge in [-0.25, -0.2) is 4.68 Å². The first-order valence-electron chi connectivity index (χ1n) is 9.48. The number of nitrogens with one attached hydrogen (secondary N) is 2. The molecule has 0 aliphatic carbocycles. The lowest BCUT2D eigenvalue weighted by molar-refractivity contribution is -0.122. The quantitative estimate of drug-likeness (QED) is 0.596. The van der Waals surface area contributed by atoms with Crippen molar-refractivity contribution >= 4 is 29.4 Å². The third-order valence-electron chi connectivity index (χ3n) is 4.69. The summed E-state index contributed by atoms with van der Waals surface area (Å²) in [6.45, 7) is 0.369. The summed E-state index contributed by atoms with van der Waals surface area (Å²) in [5.41, 5.74) is 3.07. The van der Waals surface area contributed by atoms with Crippen LogP contribution in [0.3, 0.4) is 0 Å². The molecule has 0 saturated carbocycles. The Morgan fingerprint density at radius 1 is 1.10 bits per heavy atom. The van der Waals surface area contributed by atoms with E-state index in [1.165, 1.54) is 0 Å². The van der Waals surface area contributed by atoms with Crippen LogP contribution in [0.2, 0.25) is 0 Å². The van der Waals surface area contributed by atoms with Gasteiger partial charge in [0.25, 0.3) is 0 Å². The molecule has 3 heterocycles. The van der Waals surface area contributed by atoms with Gasteiger partial charge in [0.05, 0.1) is 18.5 Å². The number of nitrogens with zero attached hydrogens (tertiary/aromatic N) is 2. The zero-order chi connectivity index (χ0) is 20.1. The van der Waals surface area contributed by atoms with Gasteiger partial charge in [0, 0.05) is 23.5 Å². The summed E-state index contributed by atoms with van der Waals surface area (Å²) in [5, 5.41) is 10.3. The molecule has 0 radical (unpaired) electrons. The fraction of sp³-hybridized carbons (Fsp3) is 0.286. The van der Waals surface area contributed by atoms with Crippen LogP contribution in [-0.2, 0) is 40.6 Å². The number of aromatic nitrogens is 2. The minimum atomic E-state index is -0.185. The van der Waals surface area contributed by atoms with Crippen molar-refractivity contribution < 1.29 is 14.0 Å². The van der Waals surface area contributed by atoms with Crippen LogP contribution in [-0.4, -0.2) is 21.6 Å². The number of carbonyl (C=O) groups excluding carboxylic acids is 2. The van der Waals surface area contributed by atoms with E-state index in [-0.39, 0.29) is 18.4 Å². The number of anilines is 1. The minimum Gasteiger partial charge on any atom is -0.467 e. The Hall–Kier alpha value is -3.00. The number of rotatable bonds is 8. The van der Waals surface area contributed by atoms with Crippen LogP contribution in [0.15, 0.2) is 53.1 Å². The summed E-state index contributed by atoms with van der Waals surface area (Å²) in [6.07, 6.45) is 2.61. The molecule has 2 amide bonds. The molecule has 2 N–H and O–H groups in total. The molecule has 4 rings (SSSR count). The molecular weight excluding hydrogens is 388 g/mol. The van der Waals surface area contributed by atoms with Gasteiger partial charge in [-0.15, -0.1) is 0 Å². The molecule has 1 aliphatic heterocycles. The molecule has 0 spiro atoms. The molecule has 8 heteroatoms. The van der Waals surface area contributed by atoms with Crippen molar-refractivity contribution in [3.05, 3.63) is 71.3 Å². The van der Waals surface area contributed by atoms with Crippen LogP contribution in [0.5, 0.6) is 0 Å². The van der Waals surface area contributed by atoms with Crippen molar-refractivity contribution in [3.8, 4) is 0 Å². The number of benzene rings is 1. The van der Waals surface area contributed by atoms with E-state index in [1.807, 2.05) is 30.3 Å². The Morgan fingerprint density at radius 2 is 1.97 bits per heavy atom. The molecule has 0 unspecified atom stereocenters. The third-order valence-corrected chi connectivity index (χ3v) is 5.66. The molecule has 0 fully saturated rings. The van der Waals surface area contributed by atoms with Crippen molar-refractivity contribution in [2.75, 3.05) is 5.32 Å². The van der Waals surface area contributed by atoms with Gasteiger partial charge in [0.1, 0.15) is 18.1 Å². The second-order valence-corrected chi connectivity index (χ2v) is 7.80. The van der Waals surface area contributed by atoms with Crippen molar-refractivity contribution in [2.24, 2.45) is 0 Å². The molecule has 1 aromatic carbocycles. The van der Waals surface area contributed by atoms with Gasteiger partial charge in [-0.1, -0.05) is 30.3 Å². The third kappa shape index (κ3) is 4.89. The summed E-state index contributed by atoms with van der Waals surface area (Å²) in [5.74, 6) is 2.64. The smallest absolute Gasteiger partial charge is 0.242 e. The second-order valence-electron chi connectivity index (χ2n) is 6.81. The van der Waals surface area contributed by atoms with E-state index in [4.69, 9.17) is 4.42 Å². The second kappa shape index (κ2) is 9.00. The Kier molecular flexibility index (Phi) is 6.00. The number of furan rings is 1. The predicted octanol–water partition coefficient (Wildman–Crippen LogP) is 3.11. The monoisotopic (exact) mass is 410 g/mol. The molecule has 3 aromatic rings. The molecule has 29 heavy (non-hydrogen) atoms. The molecule has 150 valence electrons. The Labute approximate surface area is 172 Å². The highest BCUT2D eigenvalue weighted by Crippen LogP contribution is 2.34. The number of fused-ring (bicyclic) bond motifs is 1. The highest BCUT2D eigenvalue weighted by Gasteiger charge is 2.24. The maximum Gasteiger partial charge on any atom is 0.242 e. The number of hydrogen-bond acceptors (Lipinski definition) is 5. The number of amides is 2. The average molecular weight is 410 g/mol. The minimum absolute atomic E-state index is 0.0483. The van der Waals surface area contributed by atoms with Crippen LogP contribution >= 0.6 is 11.8 Å². The van der Waals surface area contributed by atoms with E-state index >= 15 is 0 Å². The first-order valence-corrected chi connectivity index (χ1v) is 10.6. The van der Waals surface area contributed by atoms with Gasteiger partial charge in [-0.2, -0.15) is 16.9 Å². The first kappa shape index (κ1) is 19.3. The summed E-state index contributed by atoms with van der Waals surface area (Å²) >= 11 is 1.76. The Morgan fingerprint density at radius 3 is 2.76 bits per heavy atom. The van der Waals surface area contributed by atoms with Crippen molar-refractivity contribution in [2.45, 2.75) is 37.4 Å². The van der Waals surface area contributed by atoms with Crippen LogP contribution in [0, 0.1) is 0 Å². The van der Waals surface area contributed by atoms with Crippen molar-refractivity contribution in [1.29, 1.82) is 0 Å². The molecular formula is C21H22N4O3S. The van der Waals surface area contributed by atoms with E-state index in [2.05, 4.69) is 15.7 Å². The topological polar surface area (TPSA) is 89.2 Å². The molecule has 0 saturated heterocycles. The standard InChI is InChI=1S/C21H22N4O3S/c26-19(9-8-15-5-2-1-3-6-15)23-21-17-13-29-14-18(17)24-25(21)12-20(27)22-11-16-7-4-10-28-16/h1-7,10H,8-9,11-14H2,(H,22,27)(H,23,26). The van der Waals surface area contributed by atoms with E-state index in [0.29, 0.717) is 31.0 Å². The maximum atomic E-state index is 12.5. The van der Waals surface area contributed by atoms with E-state index in [0.717, 1.165) is 28.3 Å². The number of carbonyl (C=O) groups is 2. The van der Waals surface area contributed by atoms with Crippen LogP contribution in [0.4, 0.5) is 5.82 Å². The highest BCUT2D eigenvalue weighted by atomic mass is 32.2. The summed E-state index contributed by atoms with van der Waals surface area (Å²) in [6, 6.07) is 13.5. The molecule has 0 atom stereocenters. The normalized spacial score (nSPS) is 12.6. The van der Waals surface area contributed by atoms with Gasteiger partial charge in [0.15, 0.2) is 0 Å². The van der Waals surface area contributed by atoms with E-state index in [1.54, 1.807) is 34.8 Å². The maximum absolute atomic E-state index is 12.5. The Bertz CT molecular complexity index is 983. The van der Waals surface area contributed by atoms with Gasteiger partial charge < -0.3 is 15.1 Å². The lowest BCUT2D eigenvalue weighted by atomic mass is 10.1. The summed E-state index contributed by atoms with van der Waals surface area (Å²) in [7, 11) is 0. The van der Waals surface area contributed by atoms with E-state index < -0.39 is 0 Å². The SMILES string of the molecule is O=C(Cn1nc2c(c1NC(=O)CCc1ccccc1)CSC2)NCc1ccco1. The Balaban J connectivity index is 1.39. The number of hydrogen-bond donors (Lipinski definition) is 2.